The SMILES string of the molecule is C[C@]12C=CC(=O)C=C1CC[C@@H]1[C@@H]2C(=O)C[C@@]2(C)[C@H]1CC[C@]2(O)C(=O)CO.N[C@@H](Cc1ccc(N(CCCl)CCCl)cc1)C(=O)O.O=C1CCC(N2C(=O)c3ccccc3C2=O)C(=O)N1. The van der Waals surface area contributed by atoms with Crippen LogP contribution in [0.2, 0.25) is 0 Å². The average Bonchev–Trinajstić information content (AvgIpc) is 3.68. The van der Waals surface area contributed by atoms with E-state index in [2.05, 4.69) is 10.2 Å². The molecule has 1 saturated heterocycles. The number of benzene rings is 2. The van der Waals surface area contributed by atoms with E-state index in [1.807, 2.05) is 44.2 Å². The number of nitrogens with zero attached hydrogens (tertiary/aromatic N) is 2. The van der Waals surface area contributed by atoms with Gasteiger partial charge in [-0.1, -0.05) is 49.8 Å². The second-order valence-electron chi connectivity index (χ2n) is 17.7. The summed E-state index contributed by atoms with van der Waals surface area (Å²) in [5.41, 5.74) is 6.16. The summed E-state index contributed by atoms with van der Waals surface area (Å²) in [7, 11) is 0. The van der Waals surface area contributed by atoms with Crippen LogP contribution in [0.5, 0.6) is 0 Å². The number of ketones is 3. The van der Waals surface area contributed by atoms with Gasteiger partial charge in [-0.2, -0.15) is 0 Å². The Morgan fingerprint density at radius 2 is 1.55 bits per heavy atom. The van der Waals surface area contributed by atoms with Crippen LogP contribution in [0.3, 0.4) is 0 Å². The van der Waals surface area contributed by atoms with Crippen LogP contribution in [0.15, 0.2) is 72.3 Å². The quantitative estimate of drug-likeness (QED) is 0.160. The Labute approximate surface area is 381 Å². The Bertz CT molecular complexity index is 2240. The Morgan fingerprint density at radius 3 is 2.11 bits per heavy atom. The molecule has 6 N–H and O–H groups in total. The molecule has 6 aliphatic rings. The summed E-state index contributed by atoms with van der Waals surface area (Å²) in [6.07, 6.45) is 8.45. The summed E-state index contributed by atoms with van der Waals surface area (Å²) >= 11 is 11.5. The number of piperidine rings is 1. The van der Waals surface area contributed by atoms with Gasteiger partial charge in [0.1, 0.15) is 30.1 Å². The first-order valence-corrected chi connectivity index (χ1v) is 22.5. The maximum absolute atomic E-state index is 13.3. The van der Waals surface area contributed by atoms with Gasteiger partial charge < -0.3 is 26.0 Å². The van der Waals surface area contributed by atoms with Crippen molar-refractivity contribution >= 4 is 75.8 Å². The first-order chi connectivity index (χ1) is 30.3. The van der Waals surface area contributed by atoms with Crippen molar-refractivity contribution in [1.82, 2.24) is 10.2 Å². The molecule has 2 aromatic carbocycles. The number of rotatable bonds is 11. The van der Waals surface area contributed by atoms with Crippen molar-refractivity contribution in [2.75, 3.05) is 36.4 Å². The van der Waals surface area contributed by atoms with Crippen molar-refractivity contribution in [1.29, 1.82) is 0 Å². The number of nitrogens with two attached hydrogens (primary N) is 1. The molecule has 4 aliphatic carbocycles. The highest BCUT2D eigenvalue weighted by Crippen LogP contribution is 2.66. The third kappa shape index (κ3) is 9.10. The van der Waals surface area contributed by atoms with E-state index in [0.29, 0.717) is 42.1 Å². The van der Waals surface area contributed by atoms with Crippen LogP contribution in [0.4, 0.5) is 5.69 Å². The number of imide groups is 2. The molecule has 0 spiro atoms. The molecule has 15 nitrogen and oxygen atoms in total. The first-order valence-electron chi connectivity index (χ1n) is 21.4. The van der Waals surface area contributed by atoms with Crippen LogP contribution in [0, 0.1) is 28.6 Å². The smallest absolute Gasteiger partial charge is 0.320 e. The van der Waals surface area contributed by atoms with Gasteiger partial charge in [-0.25, -0.2) is 0 Å². The first kappa shape index (κ1) is 48.4. The van der Waals surface area contributed by atoms with Gasteiger partial charge in [0, 0.05) is 60.1 Å². The third-order valence-electron chi connectivity index (χ3n) is 14.1. The van der Waals surface area contributed by atoms with Gasteiger partial charge in [0.05, 0.1) is 11.1 Å². The monoisotopic (exact) mass is 920 g/mol. The number of hydrogen-bond donors (Lipinski definition) is 5. The average molecular weight is 922 g/mol. The molecule has 8 rings (SSSR count). The number of aliphatic carboxylic acids is 1. The summed E-state index contributed by atoms with van der Waals surface area (Å²) in [4.78, 5) is 98.3. The van der Waals surface area contributed by atoms with Crippen molar-refractivity contribution < 1.29 is 53.7 Å². The number of fused-ring (bicyclic) bond motifs is 6. The lowest BCUT2D eigenvalue weighted by molar-refractivity contribution is -0.168. The zero-order valence-corrected chi connectivity index (χ0v) is 37.3. The second kappa shape index (κ2) is 19.6. The highest BCUT2D eigenvalue weighted by molar-refractivity contribution is 6.23. The van der Waals surface area contributed by atoms with Crippen LogP contribution in [0.1, 0.15) is 85.1 Å². The number of aliphatic hydroxyl groups is 2. The molecule has 342 valence electrons. The molecule has 8 atom stereocenters. The summed E-state index contributed by atoms with van der Waals surface area (Å²) in [6.45, 7) is 4.64. The van der Waals surface area contributed by atoms with Gasteiger partial charge in [-0.15, -0.1) is 23.2 Å². The Kier molecular flexibility index (Phi) is 14.8. The molecule has 3 saturated carbocycles. The van der Waals surface area contributed by atoms with Gasteiger partial charge in [0.15, 0.2) is 11.6 Å². The standard InChI is InChI=1S/C21H26O5.C13H18Cl2N2O2.C13H10N2O4/c1-19-7-5-13(23)9-12(19)3-4-14-15-6-8-21(26,17(25)11-22)20(15,2)10-16(24)18(14)19;14-5-7-17(8-6-15)11-3-1-10(2-4-11)9-12(16)13(18)19;16-10-6-5-9(11(17)14-10)15-12(18)7-3-1-2-4-8(7)13(15)19/h5,7,9,14-15,18,22,26H,3-4,6,8,10-11H2,1-2H3;1-4,12H,5-9,16H2,(H,18,19);1-4,9H,5-6H2,(H,14,16,17)/t14-,15-,18+,19-,20-,21-;12-;/m00./s1. The van der Waals surface area contributed by atoms with Crippen LogP contribution >= 0.6 is 23.2 Å². The van der Waals surface area contributed by atoms with Gasteiger partial charge >= 0.3 is 5.97 Å². The molecule has 0 radical (unpaired) electrons. The van der Waals surface area contributed by atoms with Crippen molar-refractivity contribution in [3.05, 3.63) is 89.0 Å². The van der Waals surface area contributed by atoms with Gasteiger partial charge in [-0.05, 0) is 92.3 Å². The number of alkyl halides is 2. The number of carbonyl (C=O) groups is 8. The molecular formula is C47H54Cl2N4O11. The highest BCUT2D eigenvalue weighted by Gasteiger charge is 2.68. The molecule has 17 heteroatoms. The maximum atomic E-state index is 13.3. The van der Waals surface area contributed by atoms with E-state index in [0.717, 1.165) is 47.7 Å². The lowest BCUT2D eigenvalue weighted by atomic mass is 9.46. The Morgan fingerprint density at radius 1 is 0.922 bits per heavy atom. The lowest BCUT2D eigenvalue weighted by Gasteiger charge is -2.56. The fourth-order valence-electron chi connectivity index (χ4n) is 10.8. The van der Waals surface area contributed by atoms with Crippen LogP contribution in [-0.2, 0) is 35.2 Å². The van der Waals surface area contributed by atoms with Gasteiger partial charge in [0.2, 0.25) is 11.8 Å². The number of hydrogen-bond acceptors (Lipinski definition) is 12. The number of amides is 4. The molecule has 0 bridgehead atoms. The highest BCUT2D eigenvalue weighted by atomic mass is 35.5. The lowest BCUT2D eigenvalue weighted by Crippen LogP contribution is -2.60. The topological polar surface area (TPSA) is 242 Å². The van der Waals surface area contributed by atoms with Gasteiger partial charge in [0.25, 0.3) is 11.8 Å². The zero-order chi connectivity index (χ0) is 46.7. The van der Waals surface area contributed by atoms with Crippen LogP contribution in [0.25, 0.3) is 0 Å². The fourth-order valence-corrected chi connectivity index (χ4v) is 11.2. The molecule has 1 unspecified atom stereocenters. The molecule has 0 aromatic heterocycles. The maximum Gasteiger partial charge on any atom is 0.320 e. The summed E-state index contributed by atoms with van der Waals surface area (Å²) in [5, 5.41) is 31.4. The number of aliphatic hydroxyl groups excluding tert-OH is 1. The van der Waals surface area contributed by atoms with Crippen molar-refractivity contribution in [3.8, 4) is 0 Å². The minimum Gasteiger partial charge on any atom is -0.480 e. The molecule has 2 aliphatic heterocycles. The minimum absolute atomic E-state index is 0.0206. The second-order valence-corrected chi connectivity index (χ2v) is 18.4. The number of carboxylic acids is 1. The largest absolute Gasteiger partial charge is 0.480 e. The number of carboxylic acid groups (broad SMARTS) is 1. The fraction of sp³-hybridized carbons (Fsp3) is 0.489. The summed E-state index contributed by atoms with van der Waals surface area (Å²) < 4.78 is 0. The van der Waals surface area contributed by atoms with Crippen LogP contribution in [-0.4, -0.2) is 116 Å². The van der Waals surface area contributed by atoms with E-state index in [1.54, 1.807) is 36.4 Å². The van der Waals surface area contributed by atoms with E-state index in [4.69, 9.17) is 34.0 Å². The summed E-state index contributed by atoms with van der Waals surface area (Å²) in [5.74, 6) is -2.44. The molecule has 64 heavy (non-hydrogen) atoms. The summed E-state index contributed by atoms with van der Waals surface area (Å²) in [6, 6.07) is 12.3. The van der Waals surface area contributed by atoms with Crippen LogP contribution < -0.4 is 16.0 Å². The molecule has 4 fully saturated rings. The van der Waals surface area contributed by atoms with Gasteiger partial charge in [-0.3, -0.25) is 48.6 Å². The van der Waals surface area contributed by atoms with E-state index in [1.165, 1.54) is 0 Å². The predicted molar refractivity (Wildman–Crippen MR) is 237 cm³/mol. The number of anilines is 1. The molecular weight excluding hydrogens is 867 g/mol. The van der Waals surface area contributed by atoms with Crippen molar-refractivity contribution in [2.24, 2.45) is 34.3 Å². The number of allylic oxidation sites excluding steroid dienone is 4. The Balaban J connectivity index is 0.000000163. The van der Waals surface area contributed by atoms with E-state index >= 15 is 0 Å². The third-order valence-corrected chi connectivity index (χ3v) is 14.5. The number of nitrogens with one attached hydrogen (secondary N) is 1. The predicted octanol–water partition coefficient (Wildman–Crippen LogP) is 3.78. The van der Waals surface area contributed by atoms with E-state index < -0.39 is 64.6 Å². The van der Waals surface area contributed by atoms with E-state index in [-0.39, 0.29) is 54.5 Å². The number of carbonyl (C=O) groups excluding carboxylic acids is 7. The molecule has 2 heterocycles. The zero-order valence-electron chi connectivity index (χ0n) is 35.8. The molecule has 4 amide bonds. The normalized spacial score (nSPS) is 29.4. The number of Topliss-reactive ketones (excluding diaryl/α,β-unsaturated/α-hetero) is 2. The van der Waals surface area contributed by atoms with Crippen molar-refractivity contribution in [3.63, 3.8) is 0 Å². The minimum atomic E-state index is -1.62. The number of halogens is 2. The Hall–Kier alpha value is -5.06. The molecule has 2 aromatic rings. The van der Waals surface area contributed by atoms with Crippen molar-refractivity contribution in [2.45, 2.75) is 82.9 Å². The van der Waals surface area contributed by atoms with E-state index in [9.17, 15) is 48.6 Å².